The van der Waals surface area contributed by atoms with E-state index >= 15 is 0 Å². The third-order valence-electron chi connectivity index (χ3n) is 4.02. The molecule has 0 aliphatic heterocycles. The van der Waals surface area contributed by atoms with Gasteiger partial charge >= 0.3 is 0 Å². The predicted octanol–water partition coefficient (Wildman–Crippen LogP) is 4.18. The van der Waals surface area contributed by atoms with Crippen molar-refractivity contribution in [2.75, 3.05) is 0 Å². The first-order valence-corrected chi connectivity index (χ1v) is 7.57. The van der Waals surface area contributed by atoms with Crippen molar-refractivity contribution in [2.24, 2.45) is 5.92 Å². The zero-order chi connectivity index (χ0) is 14.8. The molecule has 1 amide bonds. The van der Waals surface area contributed by atoms with E-state index in [4.69, 9.17) is 0 Å². The molecule has 0 heterocycles. The van der Waals surface area contributed by atoms with E-state index in [1.807, 2.05) is 44.2 Å². The molecule has 0 bridgehead atoms. The SMILES string of the molecule is Cc1cc(C)cc(C(=O)NC(c2ccccc2)C2CC2)c1. The number of amides is 1. The van der Waals surface area contributed by atoms with Gasteiger partial charge in [-0.15, -0.1) is 0 Å². The Bertz CT molecular complexity index is 624. The van der Waals surface area contributed by atoms with Crippen molar-refractivity contribution in [3.63, 3.8) is 0 Å². The number of rotatable bonds is 4. The number of benzene rings is 2. The van der Waals surface area contributed by atoms with Gasteiger partial charge in [0, 0.05) is 5.56 Å². The lowest BCUT2D eigenvalue weighted by Gasteiger charge is -2.19. The van der Waals surface area contributed by atoms with Crippen molar-refractivity contribution in [3.05, 3.63) is 70.8 Å². The molecule has 0 spiro atoms. The Morgan fingerprint density at radius 1 is 1.05 bits per heavy atom. The number of hydrogen-bond acceptors (Lipinski definition) is 1. The first-order chi connectivity index (χ1) is 10.1. The Balaban J connectivity index is 1.81. The lowest BCUT2D eigenvalue weighted by molar-refractivity contribution is 0.0931. The van der Waals surface area contributed by atoms with Gasteiger partial charge in [-0.25, -0.2) is 0 Å². The molecule has 1 unspecified atom stereocenters. The average molecular weight is 279 g/mol. The first kappa shape index (κ1) is 13.9. The van der Waals surface area contributed by atoms with Gasteiger partial charge in [0.25, 0.3) is 5.91 Å². The summed E-state index contributed by atoms with van der Waals surface area (Å²) in [7, 11) is 0. The minimum absolute atomic E-state index is 0.0301. The molecule has 1 fully saturated rings. The molecule has 1 N–H and O–H groups in total. The van der Waals surface area contributed by atoms with E-state index in [1.54, 1.807) is 0 Å². The standard InChI is InChI=1S/C19H21NO/c1-13-10-14(2)12-17(11-13)19(21)20-18(16-8-9-16)15-6-4-3-5-7-15/h3-7,10-12,16,18H,8-9H2,1-2H3,(H,20,21). The molecule has 21 heavy (non-hydrogen) atoms. The van der Waals surface area contributed by atoms with Gasteiger partial charge in [-0.2, -0.15) is 0 Å². The van der Waals surface area contributed by atoms with Gasteiger partial charge in [-0.1, -0.05) is 47.5 Å². The van der Waals surface area contributed by atoms with Gasteiger partial charge in [0.2, 0.25) is 0 Å². The van der Waals surface area contributed by atoms with Crippen LogP contribution in [0.5, 0.6) is 0 Å². The maximum Gasteiger partial charge on any atom is 0.251 e. The minimum atomic E-state index is 0.0301. The summed E-state index contributed by atoms with van der Waals surface area (Å²) < 4.78 is 0. The summed E-state index contributed by atoms with van der Waals surface area (Å²) in [5.41, 5.74) is 4.22. The molecule has 3 rings (SSSR count). The quantitative estimate of drug-likeness (QED) is 0.893. The van der Waals surface area contributed by atoms with E-state index in [0.29, 0.717) is 5.92 Å². The molecule has 0 radical (unpaired) electrons. The third kappa shape index (κ3) is 3.33. The van der Waals surface area contributed by atoms with Crippen molar-refractivity contribution < 1.29 is 4.79 Å². The van der Waals surface area contributed by atoms with E-state index in [9.17, 15) is 4.79 Å². The Hall–Kier alpha value is -2.09. The fourth-order valence-electron chi connectivity index (χ4n) is 2.89. The highest BCUT2D eigenvalue weighted by molar-refractivity contribution is 5.94. The van der Waals surface area contributed by atoms with Crippen molar-refractivity contribution >= 4 is 5.91 Å². The molecule has 108 valence electrons. The number of hydrogen-bond donors (Lipinski definition) is 1. The molecule has 0 aromatic heterocycles. The molecule has 2 heteroatoms. The molecule has 0 saturated heterocycles. The smallest absolute Gasteiger partial charge is 0.251 e. The summed E-state index contributed by atoms with van der Waals surface area (Å²) in [6.45, 7) is 4.05. The van der Waals surface area contributed by atoms with Gasteiger partial charge < -0.3 is 5.32 Å². The maximum atomic E-state index is 12.6. The Kier molecular flexibility index (Phi) is 3.78. The van der Waals surface area contributed by atoms with Crippen LogP contribution >= 0.6 is 0 Å². The van der Waals surface area contributed by atoms with Crippen molar-refractivity contribution in [2.45, 2.75) is 32.7 Å². The fourth-order valence-corrected chi connectivity index (χ4v) is 2.89. The molecule has 2 aromatic carbocycles. The molecule has 1 atom stereocenters. The third-order valence-corrected chi connectivity index (χ3v) is 4.02. The van der Waals surface area contributed by atoms with Crippen LogP contribution in [0.3, 0.4) is 0 Å². The zero-order valence-electron chi connectivity index (χ0n) is 12.6. The highest BCUT2D eigenvalue weighted by atomic mass is 16.1. The number of carbonyl (C=O) groups excluding carboxylic acids is 1. The summed E-state index contributed by atoms with van der Waals surface area (Å²) in [5.74, 6) is 0.616. The molecule has 1 aliphatic rings. The molecule has 1 aliphatic carbocycles. The fraction of sp³-hybridized carbons (Fsp3) is 0.316. The number of aryl methyl sites for hydroxylation is 2. The summed E-state index contributed by atoms with van der Waals surface area (Å²) in [6, 6.07) is 16.4. The van der Waals surface area contributed by atoms with Gasteiger partial charge in [0.05, 0.1) is 6.04 Å². The summed E-state index contributed by atoms with van der Waals surface area (Å²) in [6.07, 6.45) is 2.40. The lowest BCUT2D eigenvalue weighted by Crippen LogP contribution is -2.30. The number of nitrogens with one attached hydrogen (secondary N) is 1. The van der Waals surface area contributed by atoms with Crippen LogP contribution in [0.2, 0.25) is 0 Å². The second-order valence-electron chi connectivity index (χ2n) is 6.08. The largest absolute Gasteiger partial charge is 0.345 e. The van der Waals surface area contributed by atoms with Gasteiger partial charge in [0.1, 0.15) is 0 Å². The van der Waals surface area contributed by atoms with Crippen LogP contribution in [-0.2, 0) is 0 Å². The van der Waals surface area contributed by atoms with E-state index in [0.717, 1.165) is 16.7 Å². The minimum Gasteiger partial charge on any atom is -0.345 e. The first-order valence-electron chi connectivity index (χ1n) is 7.57. The van der Waals surface area contributed by atoms with Crippen molar-refractivity contribution in [3.8, 4) is 0 Å². The van der Waals surface area contributed by atoms with E-state index in [-0.39, 0.29) is 11.9 Å². The van der Waals surface area contributed by atoms with Crippen LogP contribution in [0.25, 0.3) is 0 Å². The molecular formula is C19H21NO. The van der Waals surface area contributed by atoms with Crippen LogP contribution < -0.4 is 5.32 Å². The second-order valence-corrected chi connectivity index (χ2v) is 6.08. The van der Waals surface area contributed by atoms with Crippen molar-refractivity contribution in [1.29, 1.82) is 0 Å². The molecule has 2 aromatic rings. The van der Waals surface area contributed by atoms with Crippen LogP contribution in [0.15, 0.2) is 48.5 Å². The highest BCUT2D eigenvalue weighted by Crippen LogP contribution is 2.41. The summed E-state index contributed by atoms with van der Waals surface area (Å²) in [4.78, 5) is 12.6. The van der Waals surface area contributed by atoms with Crippen molar-refractivity contribution in [1.82, 2.24) is 5.32 Å². The highest BCUT2D eigenvalue weighted by Gasteiger charge is 2.33. The predicted molar refractivity (Wildman–Crippen MR) is 85.3 cm³/mol. The zero-order valence-corrected chi connectivity index (χ0v) is 12.6. The van der Waals surface area contributed by atoms with Gasteiger partial charge in [-0.05, 0) is 50.3 Å². The van der Waals surface area contributed by atoms with Crippen LogP contribution in [0.4, 0.5) is 0 Å². The Morgan fingerprint density at radius 3 is 2.24 bits per heavy atom. The number of carbonyl (C=O) groups is 1. The lowest BCUT2D eigenvalue weighted by atomic mass is 10.0. The second kappa shape index (κ2) is 5.72. The molecule has 1 saturated carbocycles. The van der Waals surface area contributed by atoms with Crippen LogP contribution in [0, 0.1) is 19.8 Å². The van der Waals surface area contributed by atoms with Crippen LogP contribution in [0.1, 0.15) is 45.9 Å². The molecular weight excluding hydrogens is 258 g/mol. The molecule has 2 nitrogen and oxygen atoms in total. The Labute approximate surface area is 126 Å². The van der Waals surface area contributed by atoms with Crippen LogP contribution in [-0.4, -0.2) is 5.91 Å². The average Bonchev–Trinajstić information content (AvgIpc) is 3.29. The Morgan fingerprint density at radius 2 is 1.67 bits per heavy atom. The van der Waals surface area contributed by atoms with Gasteiger partial charge in [0.15, 0.2) is 0 Å². The summed E-state index contributed by atoms with van der Waals surface area (Å²) in [5, 5.41) is 3.23. The summed E-state index contributed by atoms with van der Waals surface area (Å²) >= 11 is 0. The van der Waals surface area contributed by atoms with Gasteiger partial charge in [-0.3, -0.25) is 4.79 Å². The topological polar surface area (TPSA) is 29.1 Å². The van der Waals surface area contributed by atoms with E-state index < -0.39 is 0 Å². The monoisotopic (exact) mass is 279 g/mol. The van der Waals surface area contributed by atoms with E-state index in [1.165, 1.54) is 18.4 Å². The van der Waals surface area contributed by atoms with E-state index in [2.05, 4.69) is 23.5 Å². The maximum absolute atomic E-state index is 12.6. The normalized spacial score (nSPS) is 15.5.